The van der Waals surface area contributed by atoms with Gasteiger partial charge in [-0.05, 0) is 89.4 Å². The zero-order valence-corrected chi connectivity index (χ0v) is 31.4. The summed E-state index contributed by atoms with van der Waals surface area (Å²) >= 11 is 0. The third-order valence-electron chi connectivity index (χ3n) is 6.65. The van der Waals surface area contributed by atoms with E-state index in [0.29, 0.717) is 13.2 Å². The van der Waals surface area contributed by atoms with Crippen molar-refractivity contribution in [2.75, 3.05) is 13.2 Å². The second kappa shape index (κ2) is 16.3. The summed E-state index contributed by atoms with van der Waals surface area (Å²) in [6.07, 6.45) is 3.19. The molecule has 0 aromatic heterocycles. The summed E-state index contributed by atoms with van der Waals surface area (Å²) in [5.74, 6) is -1.31. The fraction of sp³-hybridized carbons (Fsp3) is 0.571. The van der Waals surface area contributed by atoms with Gasteiger partial charge in [0.1, 0.15) is 11.5 Å². The molecule has 17 heteroatoms. The van der Waals surface area contributed by atoms with Crippen molar-refractivity contribution in [3.8, 4) is 11.5 Å². The van der Waals surface area contributed by atoms with E-state index in [1.165, 1.54) is 12.1 Å². The quantitative estimate of drug-likeness (QED) is 0.0575. The average molecular weight is 705 g/mol. The van der Waals surface area contributed by atoms with Crippen LogP contribution in [-0.2, 0) is 12.3 Å². The number of rotatable bonds is 20. The van der Waals surface area contributed by atoms with Crippen LogP contribution in [0, 0.1) is 31.9 Å². The van der Waals surface area contributed by atoms with Gasteiger partial charge in [0.05, 0.1) is 23.1 Å². The van der Waals surface area contributed by atoms with Crippen molar-refractivity contribution < 1.29 is 40.4 Å². The van der Waals surface area contributed by atoms with Gasteiger partial charge < -0.3 is 21.8 Å². The Hall–Kier alpha value is -2.55. The third-order valence-corrected chi connectivity index (χ3v) is 22.1. The largest absolute Gasteiger partial charge is 0.493 e. The molecule has 0 bridgehead atoms. The molecule has 0 radical (unpaired) electrons. The van der Waals surface area contributed by atoms with Gasteiger partial charge in [-0.3, -0.25) is 20.2 Å². The summed E-state index contributed by atoms with van der Waals surface area (Å²) in [4.78, 5) is 20.0. The maximum atomic E-state index is 13.8. The van der Waals surface area contributed by atoms with Gasteiger partial charge in [-0.15, -0.1) is 0 Å². The Labute approximate surface area is 268 Å². The molecule has 11 nitrogen and oxygen atoms in total. The summed E-state index contributed by atoms with van der Waals surface area (Å²) in [6.45, 7) is 17.6. The molecule has 2 aromatic rings. The van der Waals surface area contributed by atoms with Gasteiger partial charge in [0.25, 0.3) is 0 Å². The van der Waals surface area contributed by atoms with Crippen molar-refractivity contribution in [1.82, 2.24) is 0 Å². The van der Waals surface area contributed by atoms with Gasteiger partial charge in [-0.2, -0.15) is 8.78 Å². The number of hydrogen-bond acceptors (Lipinski definition) is 9. The van der Waals surface area contributed by atoms with Crippen LogP contribution in [0.15, 0.2) is 36.4 Å². The Kier molecular flexibility index (Phi) is 14.0. The maximum absolute atomic E-state index is 13.8. The van der Waals surface area contributed by atoms with Gasteiger partial charge >= 0.3 is 28.5 Å². The number of nitro benzene ring substituents is 2. The van der Waals surface area contributed by atoms with Crippen LogP contribution in [0.5, 0.6) is 11.5 Å². The molecule has 0 fully saturated rings. The molecule has 0 aliphatic carbocycles. The lowest BCUT2D eigenvalue weighted by molar-refractivity contribution is -0.387. The predicted molar refractivity (Wildman–Crippen MR) is 178 cm³/mol. The van der Waals surface area contributed by atoms with E-state index in [-0.39, 0.29) is 11.5 Å². The minimum Gasteiger partial charge on any atom is -0.493 e. The molecule has 2 rings (SSSR count). The average Bonchev–Trinajstić information content (AvgIpc) is 2.85. The molecule has 0 amide bonds. The first-order valence-electron chi connectivity index (χ1n) is 14.9. The molecule has 0 unspecified atom stereocenters. The Morgan fingerprint density at radius 3 is 1.27 bits per heavy atom. The third kappa shape index (κ3) is 14.2. The summed E-state index contributed by atoms with van der Waals surface area (Å²) in [6, 6.07) is 8.85. The topological polar surface area (TPSA) is 132 Å². The normalized spacial score (nSPS) is 12.7. The SMILES string of the molecule is C[Si](C)(CCCCOc1ccc([N+](=O)[O-])c(F)c1)O[Si](C)(C)O[Si](C)(C)O[Si](C)(C)CCCCOc1ccc([N+](=O)[O-])c(F)c1. The first kappa shape index (κ1) is 38.6. The maximum Gasteiger partial charge on any atom is 0.312 e. The van der Waals surface area contributed by atoms with Crippen LogP contribution in [0.25, 0.3) is 0 Å². The number of nitrogens with zero attached hydrogens (tertiary/aromatic N) is 2. The van der Waals surface area contributed by atoms with Crippen LogP contribution in [0.3, 0.4) is 0 Å². The van der Waals surface area contributed by atoms with Gasteiger partial charge in [0.2, 0.25) is 11.6 Å². The zero-order chi connectivity index (χ0) is 34.1. The van der Waals surface area contributed by atoms with Crippen molar-refractivity contribution in [3.63, 3.8) is 0 Å². The molecule has 252 valence electrons. The molecule has 0 saturated heterocycles. The van der Waals surface area contributed by atoms with Crippen LogP contribution in [-0.4, -0.2) is 56.8 Å². The number of benzene rings is 2. The van der Waals surface area contributed by atoms with Crippen LogP contribution in [0.2, 0.25) is 64.5 Å². The Morgan fingerprint density at radius 2 is 0.956 bits per heavy atom. The van der Waals surface area contributed by atoms with Crippen molar-refractivity contribution in [3.05, 3.63) is 68.3 Å². The van der Waals surface area contributed by atoms with E-state index >= 15 is 0 Å². The standard InChI is InChI=1S/C28H46F2N2O9Si4/c1-42(2,19-11-9-17-37-23-13-15-27(31(33)34)25(29)21-23)39-44(5,6)41-45(7,8)40-43(3,4)20-12-10-18-38-24-14-16-28(32(35)36)26(30)22-24/h13-16,21-22H,9-12,17-20H2,1-8H3. The van der Waals surface area contributed by atoms with E-state index < -0.39 is 66.6 Å². The lowest BCUT2D eigenvalue weighted by atomic mass is 10.3. The number of halogens is 2. The van der Waals surface area contributed by atoms with Crippen LogP contribution < -0.4 is 9.47 Å². The Morgan fingerprint density at radius 1 is 0.600 bits per heavy atom. The molecule has 0 heterocycles. The van der Waals surface area contributed by atoms with E-state index in [1.54, 1.807) is 0 Å². The molecule has 0 aliphatic rings. The second-order valence-electron chi connectivity index (χ2n) is 13.0. The minimum absolute atomic E-state index is 0.263. The molecule has 2 aromatic carbocycles. The summed E-state index contributed by atoms with van der Waals surface area (Å²) in [7, 11) is -9.17. The van der Waals surface area contributed by atoms with E-state index in [1.807, 2.05) is 0 Å². The van der Waals surface area contributed by atoms with Crippen LogP contribution >= 0.6 is 0 Å². The highest BCUT2D eigenvalue weighted by Crippen LogP contribution is 2.29. The van der Waals surface area contributed by atoms with Gasteiger partial charge in [0, 0.05) is 24.3 Å². The molecule has 0 spiro atoms. The molecule has 0 saturated carbocycles. The fourth-order valence-electron chi connectivity index (χ4n) is 5.20. The lowest BCUT2D eigenvalue weighted by Crippen LogP contribution is -2.56. The first-order chi connectivity index (χ1) is 20.7. The summed E-state index contributed by atoms with van der Waals surface area (Å²) in [5.41, 5.74) is -1.15. The van der Waals surface area contributed by atoms with Crippen molar-refractivity contribution >= 4 is 45.1 Å². The zero-order valence-electron chi connectivity index (χ0n) is 27.4. The number of unbranched alkanes of at least 4 members (excludes halogenated alkanes) is 2. The first-order valence-corrected chi connectivity index (χ1v) is 26.8. The number of nitro groups is 2. The van der Waals surface area contributed by atoms with Crippen molar-refractivity contribution in [1.29, 1.82) is 0 Å². The molecule has 45 heavy (non-hydrogen) atoms. The Bertz CT molecular complexity index is 1220. The predicted octanol–water partition coefficient (Wildman–Crippen LogP) is 8.66. The van der Waals surface area contributed by atoms with Gasteiger partial charge in [-0.1, -0.05) is 12.8 Å². The van der Waals surface area contributed by atoms with Crippen molar-refractivity contribution in [2.45, 2.75) is 90.1 Å². The van der Waals surface area contributed by atoms with E-state index in [2.05, 4.69) is 52.4 Å². The van der Waals surface area contributed by atoms with Gasteiger partial charge in [-0.25, -0.2) is 0 Å². The molecular weight excluding hydrogens is 659 g/mol. The highest BCUT2D eigenvalue weighted by atomic mass is 28.5. The van der Waals surface area contributed by atoms with E-state index in [4.69, 9.17) is 21.8 Å². The van der Waals surface area contributed by atoms with E-state index in [9.17, 15) is 29.0 Å². The second-order valence-corrected chi connectivity index (χ2v) is 29.1. The molecule has 0 N–H and O–H groups in total. The van der Waals surface area contributed by atoms with E-state index in [0.717, 1.165) is 62.0 Å². The molecule has 0 aliphatic heterocycles. The smallest absolute Gasteiger partial charge is 0.312 e. The van der Waals surface area contributed by atoms with Crippen molar-refractivity contribution in [2.24, 2.45) is 0 Å². The Balaban J connectivity index is 1.73. The molecule has 0 atom stereocenters. The highest BCUT2D eigenvalue weighted by molar-refractivity contribution is 6.89. The lowest BCUT2D eigenvalue weighted by Gasteiger charge is -2.41. The molecular formula is C28H46F2N2O9Si4. The number of hydrogen-bond donors (Lipinski definition) is 0. The number of ether oxygens (including phenoxy) is 2. The van der Waals surface area contributed by atoms with Gasteiger partial charge in [0.15, 0.2) is 16.6 Å². The summed E-state index contributed by atoms with van der Waals surface area (Å²) in [5, 5.41) is 21.5. The minimum atomic E-state index is -2.51. The monoisotopic (exact) mass is 704 g/mol. The fourth-order valence-corrected chi connectivity index (χ4v) is 24.7. The highest BCUT2D eigenvalue weighted by Gasteiger charge is 2.43. The van der Waals surface area contributed by atoms with Crippen LogP contribution in [0.4, 0.5) is 20.2 Å². The summed E-state index contributed by atoms with van der Waals surface area (Å²) < 4.78 is 58.7. The van der Waals surface area contributed by atoms with Crippen LogP contribution in [0.1, 0.15) is 25.7 Å².